The van der Waals surface area contributed by atoms with Crippen molar-refractivity contribution < 1.29 is 14.7 Å². The highest BCUT2D eigenvalue weighted by Gasteiger charge is 2.26. The lowest BCUT2D eigenvalue weighted by Crippen LogP contribution is -2.27. The molecule has 1 aromatic rings. The molecule has 1 N–H and O–H groups in total. The summed E-state index contributed by atoms with van der Waals surface area (Å²) in [4.78, 5) is 24.2. The zero-order valence-electron chi connectivity index (χ0n) is 11.2. The van der Waals surface area contributed by atoms with E-state index in [1.54, 1.807) is 4.90 Å². The van der Waals surface area contributed by atoms with E-state index in [1.807, 2.05) is 6.07 Å². The Morgan fingerprint density at radius 3 is 2.84 bits per heavy atom. The van der Waals surface area contributed by atoms with Crippen LogP contribution in [-0.4, -0.2) is 23.5 Å². The molecule has 4 nitrogen and oxygen atoms in total. The van der Waals surface area contributed by atoms with Crippen molar-refractivity contribution in [2.45, 2.75) is 39.0 Å². The zero-order chi connectivity index (χ0) is 13.8. The lowest BCUT2D eigenvalue weighted by Gasteiger charge is -2.17. The molecule has 1 aromatic carbocycles. The molecule has 19 heavy (non-hydrogen) atoms. The zero-order valence-corrected chi connectivity index (χ0v) is 11.2. The molecule has 1 amide bonds. The summed E-state index contributed by atoms with van der Waals surface area (Å²) in [7, 11) is 0. The van der Waals surface area contributed by atoms with Crippen molar-refractivity contribution in [2.24, 2.45) is 0 Å². The van der Waals surface area contributed by atoms with Crippen molar-refractivity contribution in [2.75, 3.05) is 11.4 Å². The fraction of sp³-hybridized carbons (Fsp3) is 0.467. The smallest absolute Gasteiger partial charge is 0.303 e. The third-order valence-electron chi connectivity index (χ3n) is 3.51. The van der Waals surface area contributed by atoms with Crippen molar-refractivity contribution in [1.29, 1.82) is 0 Å². The predicted molar refractivity (Wildman–Crippen MR) is 73.4 cm³/mol. The third-order valence-corrected chi connectivity index (χ3v) is 3.51. The number of nitrogens with zero attached hydrogens (tertiary/aromatic N) is 1. The number of amides is 1. The number of hydrogen-bond donors (Lipinski definition) is 1. The van der Waals surface area contributed by atoms with E-state index in [0.29, 0.717) is 19.4 Å². The minimum atomic E-state index is -0.777. The number of rotatable bonds is 6. The summed E-state index contributed by atoms with van der Waals surface area (Å²) in [6.07, 6.45) is 2.96. The number of hydrogen-bond acceptors (Lipinski definition) is 2. The van der Waals surface area contributed by atoms with Gasteiger partial charge in [0.15, 0.2) is 0 Å². The van der Waals surface area contributed by atoms with Crippen LogP contribution in [0.4, 0.5) is 5.69 Å². The number of carbonyl (C=O) groups excluding carboxylic acids is 1. The Morgan fingerprint density at radius 1 is 1.37 bits per heavy atom. The Morgan fingerprint density at radius 2 is 2.16 bits per heavy atom. The SMILES string of the molecule is CCc1ccc2c(c1)CC(=O)N2CCCCC(=O)O. The van der Waals surface area contributed by atoms with Gasteiger partial charge in [0, 0.05) is 18.7 Å². The second kappa shape index (κ2) is 5.87. The number of fused-ring (bicyclic) bond motifs is 1. The summed E-state index contributed by atoms with van der Waals surface area (Å²) in [6.45, 7) is 2.72. The Labute approximate surface area is 113 Å². The minimum absolute atomic E-state index is 0.124. The molecule has 0 fully saturated rings. The van der Waals surface area contributed by atoms with Gasteiger partial charge in [0.25, 0.3) is 0 Å². The quantitative estimate of drug-likeness (QED) is 0.800. The van der Waals surface area contributed by atoms with Crippen LogP contribution in [0.15, 0.2) is 18.2 Å². The highest BCUT2D eigenvalue weighted by Crippen LogP contribution is 2.30. The van der Waals surface area contributed by atoms with Crippen molar-refractivity contribution in [1.82, 2.24) is 0 Å². The molecule has 0 bridgehead atoms. The van der Waals surface area contributed by atoms with Gasteiger partial charge in [-0.2, -0.15) is 0 Å². The maximum absolute atomic E-state index is 12.0. The highest BCUT2D eigenvalue weighted by atomic mass is 16.4. The van der Waals surface area contributed by atoms with Crippen LogP contribution in [0, 0.1) is 0 Å². The molecule has 0 spiro atoms. The molecule has 0 atom stereocenters. The first kappa shape index (κ1) is 13.6. The standard InChI is InChI=1S/C15H19NO3/c1-2-11-6-7-13-12(9-11)10-14(17)16(13)8-4-3-5-15(18)19/h6-7,9H,2-5,8,10H2,1H3,(H,18,19). The van der Waals surface area contributed by atoms with Crippen LogP contribution < -0.4 is 4.90 Å². The third kappa shape index (κ3) is 3.13. The lowest BCUT2D eigenvalue weighted by atomic mass is 10.1. The van der Waals surface area contributed by atoms with E-state index in [2.05, 4.69) is 19.1 Å². The maximum atomic E-state index is 12.0. The molecule has 1 heterocycles. The topological polar surface area (TPSA) is 57.6 Å². The average Bonchev–Trinajstić information content (AvgIpc) is 2.69. The van der Waals surface area contributed by atoms with Crippen molar-refractivity contribution in [3.63, 3.8) is 0 Å². The van der Waals surface area contributed by atoms with Gasteiger partial charge in [0.2, 0.25) is 5.91 Å². The largest absolute Gasteiger partial charge is 0.481 e. The molecule has 0 aromatic heterocycles. The monoisotopic (exact) mass is 261 g/mol. The highest BCUT2D eigenvalue weighted by molar-refractivity contribution is 6.01. The van der Waals surface area contributed by atoms with Gasteiger partial charge in [0.05, 0.1) is 6.42 Å². The van der Waals surface area contributed by atoms with E-state index >= 15 is 0 Å². The van der Waals surface area contributed by atoms with Gasteiger partial charge in [-0.05, 0) is 36.5 Å². The van der Waals surface area contributed by atoms with Crippen molar-refractivity contribution in [3.05, 3.63) is 29.3 Å². The van der Waals surface area contributed by atoms with Crippen molar-refractivity contribution in [3.8, 4) is 0 Å². The van der Waals surface area contributed by atoms with Gasteiger partial charge in [-0.3, -0.25) is 9.59 Å². The number of carboxylic acids is 1. The summed E-state index contributed by atoms with van der Waals surface area (Å²) in [5.74, 6) is -0.653. The molecular formula is C15H19NO3. The summed E-state index contributed by atoms with van der Waals surface area (Å²) in [5.41, 5.74) is 3.35. The fourth-order valence-electron chi connectivity index (χ4n) is 2.45. The van der Waals surface area contributed by atoms with Crippen LogP contribution >= 0.6 is 0 Å². The lowest BCUT2D eigenvalue weighted by molar-refractivity contribution is -0.137. The first-order chi connectivity index (χ1) is 9.11. The number of aliphatic carboxylic acids is 1. The molecular weight excluding hydrogens is 242 g/mol. The fourth-order valence-corrected chi connectivity index (χ4v) is 2.45. The molecule has 2 rings (SSSR count). The second-order valence-corrected chi connectivity index (χ2v) is 4.89. The molecule has 4 heteroatoms. The predicted octanol–water partition coefficient (Wildman–Crippen LogP) is 2.39. The van der Waals surface area contributed by atoms with E-state index in [9.17, 15) is 9.59 Å². The summed E-state index contributed by atoms with van der Waals surface area (Å²) >= 11 is 0. The van der Waals surface area contributed by atoms with E-state index in [-0.39, 0.29) is 12.3 Å². The average molecular weight is 261 g/mol. The van der Waals surface area contributed by atoms with E-state index in [4.69, 9.17) is 5.11 Å². The van der Waals surface area contributed by atoms with Crippen LogP contribution in [0.5, 0.6) is 0 Å². The number of unbranched alkanes of at least 4 members (excludes halogenated alkanes) is 1. The number of carboxylic acid groups (broad SMARTS) is 1. The number of carbonyl (C=O) groups is 2. The van der Waals surface area contributed by atoms with Gasteiger partial charge in [-0.1, -0.05) is 19.1 Å². The minimum Gasteiger partial charge on any atom is -0.481 e. The molecule has 1 aliphatic heterocycles. The van der Waals surface area contributed by atoms with Gasteiger partial charge < -0.3 is 10.0 Å². The summed E-state index contributed by atoms with van der Waals surface area (Å²) in [5, 5.41) is 8.59. The van der Waals surface area contributed by atoms with Crippen LogP contribution in [0.2, 0.25) is 0 Å². The molecule has 0 saturated heterocycles. The Hall–Kier alpha value is -1.84. The van der Waals surface area contributed by atoms with Gasteiger partial charge in [0.1, 0.15) is 0 Å². The summed E-state index contributed by atoms with van der Waals surface area (Å²) < 4.78 is 0. The number of anilines is 1. The normalized spacial score (nSPS) is 13.7. The van der Waals surface area contributed by atoms with E-state index < -0.39 is 5.97 Å². The van der Waals surface area contributed by atoms with Gasteiger partial charge in [-0.25, -0.2) is 0 Å². The molecule has 102 valence electrons. The van der Waals surface area contributed by atoms with Gasteiger partial charge >= 0.3 is 5.97 Å². The Bertz CT molecular complexity index is 496. The Kier molecular flexibility index (Phi) is 4.20. The van der Waals surface area contributed by atoms with Crippen LogP contribution in [0.3, 0.4) is 0 Å². The van der Waals surface area contributed by atoms with Gasteiger partial charge in [-0.15, -0.1) is 0 Å². The molecule has 0 radical (unpaired) electrons. The second-order valence-electron chi connectivity index (χ2n) is 4.89. The van der Waals surface area contributed by atoms with Crippen LogP contribution in [0.1, 0.15) is 37.3 Å². The Balaban J connectivity index is 2.00. The van der Waals surface area contributed by atoms with E-state index in [1.165, 1.54) is 5.56 Å². The maximum Gasteiger partial charge on any atom is 0.303 e. The molecule has 1 aliphatic rings. The number of aryl methyl sites for hydroxylation is 1. The molecule has 0 saturated carbocycles. The van der Waals surface area contributed by atoms with Crippen LogP contribution in [0.25, 0.3) is 0 Å². The first-order valence-electron chi connectivity index (χ1n) is 6.75. The summed E-state index contributed by atoms with van der Waals surface area (Å²) in [6, 6.07) is 6.17. The van der Waals surface area contributed by atoms with Crippen molar-refractivity contribution >= 4 is 17.6 Å². The molecule has 0 aliphatic carbocycles. The first-order valence-corrected chi connectivity index (χ1v) is 6.75. The molecule has 0 unspecified atom stereocenters. The number of benzene rings is 1. The van der Waals surface area contributed by atoms with E-state index in [0.717, 1.165) is 24.1 Å². The van der Waals surface area contributed by atoms with Crippen LogP contribution in [-0.2, 0) is 22.4 Å².